The number of nitrogens with zero attached hydrogens (tertiary/aromatic N) is 2. The molecule has 22 heavy (non-hydrogen) atoms. The van der Waals surface area contributed by atoms with Crippen LogP contribution >= 0.6 is 11.8 Å². The predicted octanol–water partition coefficient (Wildman–Crippen LogP) is 1.66. The summed E-state index contributed by atoms with van der Waals surface area (Å²) >= 11 is 1.13. The van der Waals surface area contributed by atoms with E-state index in [1.807, 2.05) is 19.9 Å². The van der Waals surface area contributed by atoms with Crippen LogP contribution in [0.15, 0.2) is 10.6 Å². The van der Waals surface area contributed by atoms with Gasteiger partial charge in [0.1, 0.15) is 5.92 Å². The molecule has 0 aromatic carbocycles. The number of nitriles is 2. The van der Waals surface area contributed by atoms with Crippen LogP contribution < -0.4 is 10.6 Å². The highest BCUT2D eigenvalue weighted by molar-refractivity contribution is 8.04. The SMILES string of the molecule is CC(C)NC(=O)[C@@H](C)SC1=C(C#N)C(C)(C)[C@@H](C#N)C(=O)N1. The first kappa shape index (κ1) is 18.1. The molecule has 0 aliphatic carbocycles. The van der Waals surface area contributed by atoms with Crippen molar-refractivity contribution in [3.05, 3.63) is 10.6 Å². The fourth-order valence-corrected chi connectivity index (χ4v) is 3.26. The van der Waals surface area contributed by atoms with Crippen molar-refractivity contribution < 1.29 is 9.59 Å². The Balaban J connectivity index is 3.09. The average Bonchev–Trinajstić information content (AvgIpc) is 2.37. The average molecular weight is 320 g/mol. The highest BCUT2D eigenvalue weighted by Crippen LogP contribution is 2.42. The zero-order chi connectivity index (χ0) is 17.1. The standard InChI is InChI=1S/C15H20N4O2S/c1-8(2)18-12(20)9(3)22-14-11(7-17)15(4,5)10(6-16)13(21)19-14/h8-10H,1-5H3,(H,18,20)(H,19,21)/t9-,10+/m1/s1. The van der Waals surface area contributed by atoms with Gasteiger partial charge < -0.3 is 10.6 Å². The molecule has 2 N–H and O–H groups in total. The van der Waals surface area contributed by atoms with E-state index in [2.05, 4.69) is 16.7 Å². The van der Waals surface area contributed by atoms with Crippen molar-refractivity contribution in [3.8, 4) is 12.1 Å². The maximum Gasteiger partial charge on any atom is 0.243 e. The molecule has 0 bridgehead atoms. The fraction of sp³-hybridized carbons (Fsp3) is 0.600. The maximum absolute atomic E-state index is 12.1. The van der Waals surface area contributed by atoms with E-state index < -0.39 is 22.5 Å². The number of hydrogen-bond donors (Lipinski definition) is 2. The second kappa shape index (κ2) is 6.85. The van der Waals surface area contributed by atoms with Crippen LogP contribution in [-0.4, -0.2) is 23.1 Å². The number of hydrogen-bond acceptors (Lipinski definition) is 5. The number of allylic oxidation sites excluding steroid dienone is 1. The number of nitrogens with one attached hydrogen (secondary N) is 2. The molecular weight excluding hydrogens is 300 g/mol. The molecule has 7 heteroatoms. The lowest BCUT2D eigenvalue weighted by molar-refractivity contribution is -0.125. The summed E-state index contributed by atoms with van der Waals surface area (Å²) in [6.07, 6.45) is 0. The summed E-state index contributed by atoms with van der Waals surface area (Å²) in [4.78, 5) is 24.0. The smallest absolute Gasteiger partial charge is 0.243 e. The summed E-state index contributed by atoms with van der Waals surface area (Å²) in [6, 6.07) is 4.03. The Morgan fingerprint density at radius 3 is 2.41 bits per heavy atom. The second-order valence-corrected chi connectivity index (χ2v) is 7.36. The van der Waals surface area contributed by atoms with Gasteiger partial charge in [0.25, 0.3) is 0 Å². The zero-order valence-electron chi connectivity index (χ0n) is 13.4. The molecule has 2 atom stereocenters. The Kier molecular flexibility index (Phi) is 5.62. The Bertz CT molecular complexity index is 596. The van der Waals surface area contributed by atoms with Crippen molar-refractivity contribution in [2.45, 2.75) is 45.9 Å². The summed E-state index contributed by atoms with van der Waals surface area (Å²) in [6.45, 7) is 8.81. The van der Waals surface area contributed by atoms with Gasteiger partial charge in [0, 0.05) is 11.5 Å². The van der Waals surface area contributed by atoms with Crippen LogP contribution in [0.1, 0.15) is 34.6 Å². The Morgan fingerprint density at radius 1 is 1.36 bits per heavy atom. The first-order chi connectivity index (χ1) is 10.1. The lowest BCUT2D eigenvalue weighted by atomic mass is 9.72. The van der Waals surface area contributed by atoms with E-state index in [1.165, 1.54) is 0 Å². The Hall–Kier alpha value is -1.99. The van der Waals surface area contributed by atoms with Gasteiger partial charge in [-0.1, -0.05) is 25.6 Å². The largest absolute Gasteiger partial charge is 0.353 e. The van der Waals surface area contributed by atoms with E-state index in [9.17, 15) is 14.9 Å². The highest BCUT2D eigenvalue weighted by atomic mass is 32.2. The number of rotatable bonds is 4. The Morgan fingerprint density at radius 2 is 1.95 bits per heavy atom. The summed E-state index contributed by atoms with van der Waals surface area (Å²) in [7, 11) is 0. The minimum absolute atomic E-state index is 0.0142. The van der Waals surface area contributed by atoms with Crippen molar-refractivity contribution in [2.24, 2.45) is 11.3 Å². The molecule has 0 radical (unpaired) electrons. The lowest BCUT2D eigenvalue weighted by Crippen LogP contribution is -2.45. The third-order valence-electron chi connectivity index (χ3n) is 3.43. The van der Waals surface area contributed by atoms with Crippen LogP contribution in [0, 0.1) is 34.0 Å². The number of carbonyl (C=O) groups excluding carboxylic acids is 2. The van der Waals surface area contributed by atoms with Gasteiger partial charge in [0.15, 0.2) is 0 Å². The summed E-state index contributed by atoms with van der Waals surface area (Å²) in [5.41, 5.74) is -0.560. The maximum atomic E-state index is 12.1. The van der Waals surface area contributed by atoms with Gasteiger partial charge in [0.2, 0.25) is 11.8 Å². The molecule has 1 aliphatic rings. The molecule has 0 saturated carbocycles. The minimum atomic E-state index is -0.925. The molecule has 2 amide bonds. The summed E-state index contributed by atoms with van der Waals surface area (Å²) in [5, 5.41) is 23.8. The zero-order valence-corrected chi connectivity index (χ0v) is 14.2. The van der Waals surface area contributed by atoms with Gasteiger partial charge >= 0.3 is 0 Å². The summed E-state index contributed by atoms with van der Waals surface area (Å²) in [5.74, 6) is -1.53. The third kappa shape index (κ3) is 3.61. The van der Waals surface area contributed by atoms with Crippen LogP contribution in [-0.2, 0) is 9.59 Å². The van der Waals surface area contributed by atoms with Crippen molar-refractivity contribution in [3.63, 3.8) is 0 Å². The van der Waals surface area contributed by atoms with Crippen LogP contribution in [0.5, 0.6) is 0 Å². The topological polar surface area (TPSA) is 106 Å². The molecule has 0 spiro atoms. The molecule has 6 nitrogen and oxygen atoms in total. The quantitative estimate of drug-likeness (QED) is 0.819. The minimum Gasteiger partial charge on any atom is -0.353 e. The first-order valence-corrected chi connectivity index (χ1v) is 7.85. The molecule has 1 heterocycles. The van der Waals surface area contributed by atoms with Crippen molar-refractivity contribution >= 4 is 23.6 Å². The van der Waals surface area contributed by atoms with Crippen LogP contribution in [0.25, 0.3) is 0 Å². The van der Waals surface area contributed by atoms with Gasteiger partial charge in [-0.05, 0) is 20.8 Å². The Labute approximate surface area is 134 Å². The van der Waals surface area contributed by atoms with Crippen LogP contribution in [0.2, 0.25) is 0 Å². The third-order valence-corrected chi connectivity index (χ3v) is 4.54. The van der Waals surface area contributed by atoms with Gasteiger partial charge in [-0.3, -0.25) is 9.59 Å². The molecule has 0 unspecified atom stereocenters. The van der Waals surface area contributed by atoms with Gasteiger partial charge in [-0.25, -0.2) is 0 Å². The van der Waals surface area contributed by atoms with Crippen molar-refractivity contribution in [1.29, 1.82) is 10.5 Å². The molecule has 0 aromatic heterocycles. The van der Waals surface area contributed by atoms with Crippen LogP contribution in [0.4, 0.5) is 0 Å². The predicted molar refractivity (Wildman–Crippen MR) is 84.0 cm³/mol. The molecular formula is C15H20N4O2S. The molecule has 0 aromatic rings. The monoisotopic (exact) mass is 320 g/mol. The van der Waals surface area contributed by atoms with E-state index in [1.54, 1.807) is 20.8 Å². The van der Waals surface area contributed by atoms with E-state index in [0.717, 1.165) is 11.8 Å². The van der Waals surface area contributed by atoms with E-state index >= 15 is 0 Å². The van der Waals surface area contributed by atoms with E-state index in [-0.39, 0.29) is 11.9 Å². The van der Waals surface area contributed by atoms with Gasteiger partial charge in [-0.2, -0.15) is 10.5 Å². The lowest BCUT2D eigenvalue weighted by Gasteiger charge is -2.35. The van der Waals surface area contributed by atoms with Crippen molar-refractivity contribution in [2.75, 3.05) is 0 Å². The second-order valence-electron chi connectivity index (χ2n) is 6.01. The molecule has 1 aliphatic heterocycles. The molecule has 1 rings (SSSR count). The van der Waals surface area contributed by atoms with Gasteiger partial charge in [0.05, 0.1) is 28.0 Å². The highest BCUT2D eigenvalue weighted by Gasteiger charge is 2.45. The normalized spacial score (nSPS) is 21.6. The van der Waals surface area contributed by atoms with E-state index in [4.69, 9.17) is 5.26 Å². The van der Waals surface area contributed by atoms with Crippen molar-refractivity contribution in [1.82, 2.24) is 10.6 Å². The van der Waals surface area contributed by atoms with E-state index in [0.29, 0.717) is 10.6 Å². The fourth-order valence-electron chi connectivity index (χ4n) is 2.15. The molecule has 0 fully saturated rings. The van der Waals surface area contributed by atoms with Crippen LogP contribution in [0.3, 0.4) is 0 Å². The molecule has 118 valence electrons. The number of carbonyl (C=O) groups is 2. The first-order valence-electron chi connectivity index (χ1n) is 6.97. The summed E-state index contributed by atoms with van der Waals surface area (Å²) < 4.78 is 0. The number of amides is 2. The molecule has 0 saturated heterocycles. The number of thioether (sulfide) groups is 1. The van der Waals surface area contributed by atoms with Gasteiger partial charge in [-0.15, -0.1) is 0 Å².